The number of rotatable bonds is 7. The number of anilines is 1. The van der Waals surface area contributed by atoms with E-state index in [1.807, 2.05) is 40.1 Å². The zero-order valence-electron chi connectivity index (χ0n) is 29.8. The molecular formula is C35H50N10O6. The number of amides is 6. The van der Waals surface area contributed by atoms with Crippen LogP contribution in [0.25, 0.3) is 0 Å². The fourth-order valence-electron chi connectivity index (χ4n) is 5.93. The second kappa shape index (κ2) is 18.8. The number of carbonyl (C=O) groups excluding carboxylic acids is 6. The Morgan fingerprint density at radius 2 is 1.59 bits per heavy atom. The minimum atomic E-state index is -1.06. The summed E-state index contributed by atoms with van der Waals surface area (Å²) in [6.45, 7) is 7.46. The topological polar surface area (TPSA) is 198 Å². The van der Waals surface area contributed by atoms with Gasteiger partial charge in [0, 0.05) is 58.6 Å². The Balaban J connectivity index is 1.44. The minimum absolute atomic E-state index is 0.0658. The number of hydrogen-bond acceptors (Lipinski definition) is 10. The number of piperazine rings is 1. The lowest BCUT2D eigenvalue weighted by atomic mass is 10.0. The van der Waals surface area contributed by atoms with Gasteiger partial charge in [-0.1, -0.05) is 44.2 Å². The third-order valence-corrected chi connectivity index (χ3v) is 8.87. The molecule has 4 rings (SSSR count). The maximum atomic E-state index is 13.7. The van der Waals surface area contributed by atoms with Crippen molar-refractivity contribution in [2.75, 3.05) is 57.8 Å². The van der Waals surface area contributed by atoms with Crippen LogP contribution in [0, 0.1) is 5.92 Å². The highest BCUT2D eigenvalue weighted by atomic mass is 16.2. The second-order valence-corrected chi connectivity index (χ2v) is 13.3. The van der Waals surface area contributed by atoms with Gasteiger partial charge in [0.1, 0.15) is 24.2 Å². The van der Waals surface area contributed by atoms with Gasteiger partial charge in [0.05, 0.1) is 13.1 Å². The van der Waals surface area contributed by atoms with Crippen molar-refractivity contribution in [3.8, 4) is 0 Å². The van der Waals surface area contributed by atoms with Crippen molar-refractivity contribution in [2.24, 2.45) is 5.92 Å². The van der Waals surface area contributed by atoms with Crippen molar-refractivity contribution in [1.29, 1.82) is 0 Å². The summed E-state index contributed by atoms with van der Waals surface area (Å²) in [6.07, 6.45) is 4.05. The molecule has 2 aromatic rings. The van der Waals surface area contributed by atoms with Gasteiger partial charge in [-0.3, -0.25) is 33.7 Å². The van der Waals surface area contributed by atoms with Crippen LogP contribution >= 0.6 is 0 Å². The Labute approximate surface area is 298 Å². The molecule has 6 amide bonds. The Bertz CT molecular complexity index is 1500. The molecule has 0 unspecified atom stereocenters. The van der Waals surface area contributed by atoms with Crippen LogP contribution < -0.4 is 31.5 Å². The number of carbonyl (C=O) groups is 6. The lowest BCUT2D eigenvalue weighted by Crippen LogP contribution is -2.59. The van der Waals surface area contributed by atoms with E-state index in [0.29, 0.717) is 38.5 Å². The van der Waals surface area contributed by atoms with E-state index in [1.54, 1.807) is 32.3 Å². The van der Waals surface area contributed by atoms with E-state index in [0.717, 1.165) is 5.56 Å². The molecule has 276 valence electrons. The van der Waals surface area contributed by atoms with Crippen LogP contribution in [0.4, 0.5) is 5.95 Å². The third kappa shape index (κ3) is 11.7. The van der Waals surface area contributed by atoms with Crippen LogP contribution in [0.1, 0.15) is 39.2 Å². The van der Waals surface area contributed by atoms with Gasteiger partial charge in [0.2, 0.25) is 41.4 Å². The number of nitrogens with zero attached hydrogens (tertiary/aromatic N) is 5. The molecule has 5 N–H and O–H groups in total. The van der Waals surface area contributed by atoms with Crippen molar-refractivity contribution in [2.45, 2.75) is 64.2 Å². The Kier molecular flexibility index (Phi) is 14.2. The summed E-state index contributed by atoms with van der Waals surface area (Å²) >= 11 is 0. The molecule has 2 aliphatic heterocycles. The van der Waals surface area contributed by atoms with Crippen molar-refractivity contribution in [3.63, 3.8) is 0 Å². The maximum Gasteiger partial charge on any atom is 0.245 e. The highest BCUT2D eigenvalue weighted by Crippen LogP contribution is 2.11. The van der Waals surface area contributed by atoms with Gasteiger partial charge in [0.25, 0.3) is 0 Å². The Hall–Kier alpha value is -5.12. The van der Waals surface area contributed by atoms with Gasteiger partial charge in [0.15, 0.2) is 0 Å². The van der Waals surface area contributed by atoms with Gasteiger partial charge in [-0.2, -0.15) is 0 Å². The van der Waals surface area contributed by atoms with Crippen LogP contribution in [0.15, 0.2) is 48.8 Å². The van der Waals surface area contributed by atoms with Crippen molar-refractivity contribution in [3.05, 3.63) is 54.4 Å². The Morgan fingerprint density at radius 1 is 0.902 bits per heavy atom. The van der Waals surface area contributed by atoms with Gasteiger partial charge >= 0.3 is 0 Å². The van der Waals surface area contributed by atoms with Crippen LogP contribution in [0.2, 0.25) is 0 Å². The summed E-state index contributed by atoms with van der Waals surface area (Å²) < 4.78 is 0. The van der Waals surface area contributed by atoms with E-state index < -0.39 is 53.7 Å². The molecule has 3 heterocycles. The molecule has 0 saturated carbocycles. The second-order valence-electron chi connectivity index (χ2n) is 13.3. The van der Waals surface area contributed by atoms with E-state index in [-0.39, 0.29) is 44.3 Å². The number of likely N-dealkylation sites (N-methyl/N-ethyl adjacent to an activating group) is 1. The summed E-state index contributed by atoms with van der Waals surface area (Å²) in [5.74, 6) is -2.71. The molecule has 1 aromatic carbocycles. The summed E-state index contributed by atoms with van der Waals surface area (Å²) in [7, 11) is 1.48. The van der Waals surface area contributed by atoms with Crippen LogP contribution in [0.3, 0.4) is 0 Å². The van der Waals surface area contributed by atoms with Crippen molar-refractivity contribution >= 4 is 41.4 Å². The van der Waals surface area contributed by atoms with Gasteiger partial charge < -0.3 is 36.4 Å². The highest BCUT2D eigenvalue weighted by Gasteiger charge is 2.33. The molecule has 1 aromatic heterocycles. The molecule has 2 fully saturated rings. The zero-order chi connectivity index (χ0) is 36.9. The SMILES string of the molecule is CC(C)[C@H]1NC(=O)[C@@H](NC(=O)CN2CCN(c3ncccn3)CC2)CCCNC(=O)CN(C)C(=O)[C@H](Cc2ccccc2)NC(=O)[C@@H](C)NC1=O. The quantitative estimate of drug-likeness (QED) is 0.234. The molecule has 0 aliphatic carbocycles. The first-order valence-electron chi connectivity index (χ1n) is 17.4. The molecule has 16 nitrogen and oxygen atoms in total. The first-order valence-corrected chi connectivity index (χ1v) is 17.4. The molecule has 4 atom stereocenters. The maximum absolute atomic E-state index is 13.7. The van der Waals surface area contributed by atoms with Crippen molar-refractivity contribution in [1.82, 2.24) is 46.4 Å². The van der Waals surface area contributed by atoms with Crippen LogP contribution in [0.5, 0.6) is 0 Å². The molecule has 0 radical (unpaired) electrons. The lowest BCUT2D eigenvalue weighted by molar-refractivity contribution is -0.139. The minimum Gasteiger partial charge on any atom is -0.355 e. The van der Waals surface area contributed by atoms with Gasteiger partial charge in [-0.25, -0.2) is 9.97 Å². The number of nitrogens with one attached hydrogen (secondary N) is 5. The van der Waals surface area contributed by atoms with E-state index in [4.69, 9.17) is 0 Å². The first-order chi connectivity index (χ1) is 24.4. The molecule has 16 heteroatoms. The Morgan fingerprint density at radius 3 is 2.25 bits per heavy atom. The largest absolute Gasteiger partial charge is 0.355 e. The van der Waals surface area contributed by atoms with Gasteiger partial charge in [-0.05, 0) is 37.3 Å². The highest BCUT2D eigenvalue weighted by molar-refractivity contribution is 5.96. The van der Waals surface area contributed by atoms with E-state index in [2.05, 4.69) is 36.6 Å². The van der Waals surface area contributed by atoms with E-state index in [9.17, 15) is 28.8 Å². The monoisotopic (exact) mass is 706 g/mol. The summed E-state index contributed by atoms with van der Waals surface area (Å²) in [4.78, 5) is 93.8. The normalized spacial score (nSPS) is 23.7. The number of benzene rings is 1. The van der Waals surface area contributed by atoms with Crippen molar-refractivity contribution < 1.29 is 28.8 Å². The smallest absolute Gasteiger partial charge is 0.245 e. The third-order valence-electron chi connectivity index (χ3n) is 8.87. The first kappa shape index (κ1) is 38.7. The average molecular weight is 707 g/mol. The van der Waals surface area contributed by atoms with Crippen LogP contribution in [-0.4, -0.2) is 132 Å². The molecule has 0 spiro atoms. The van der Waals surface area contributed by atoms with E-state index >= 15 is 0 Å². The number of hydrogen-bond donors (Lipinski definition) is 5. The van der Waals surface area contributed by atoms with Gasteiger partial charge in [-0.15, -0.1) is 0 Å². The number of aromatic nitrogens is 2. The molecular weight excluding hydrogens is 656 g/mol. The predicted molar refractivity (Wildman–Crippen MR) is 189 cm³/mol. The lowest BCUT2D eigenvalue weighted by Gasteiger charge is -2.34. The fourth-order valence-corrected chi connectivity index (χ4v) is 5.93. The molecule has 2 saturated heterocycles. The standard InChI is InChI=1S/C35H50N10O6/c1-23(2)30-33(50)39-24(3)31(48)41-27(20-25-10-6-5-7-11-25)34(51)43(4)21-28(46)36-13-8-12-26(32(49)42-30)40-29(47)22-44-16-18-45(19-17-44)35-37-14-9-15-38-35/h5-7,9-11,14-15,23-24,26-27,30H,8,12-13,16-22H2,1-4H3,(H,36,46)(H,39,50)(H,40,47)(H,41,48)(H,42,49)/t24-,26+,27+,30-/m1/s1. The summed E-state index contributed by atoms with van der Waals surface area (Å²) in [5.41, 5.74) is 0.804. The molecule has 0 bridgehead atoms. The average Bonchev–Trinajstić information content (AvgIpc) is 3.11. The predicted octanol–water partition coefficient (Wildman–Crippen LogP) is -1.18. The molecule has 51 heavy (non-hydrogen) atoms. The zero-order valence-corrected chi connectivity index (χ0v) is 29.8. The van der Waals surface area contributed by atoms with Crippen LogP contribution in [-0.2, 0) is 35.2 Å². The molecule has 2 aliphatic rings. The van der Waals surface area contributed by atoms with E-state index in [1.165, 1.54) is 18.9 Å². The summed E-state index contributed by atoms with van der Waals surface area (Å²) in [5, 5.41) is 13.8. The summed E-state index contributed by atoms with van der Waals surface area (Å²) in [6, 6.07) is 6.83. The fraction of sp³-hybridized carbons (Fsp3) is 0.543.